The molecule has 3 fully saturated rings. The molecule has 0 aromatic carbocycles. The number of ether oxygens (including phenoxy) is 5. The van der Waals surface area contributed by atoms with Crippen LogP contribution in [-0.2, 0) is 32.9 Å². The second kappa shape index (κ2) is 6.24. The lowest BCUT2D eigenvalue weighted by molar-refractivity contribution is -0.210. The molecule has 3 saturated heterocycles. The van der Waals surface area contributed by atoms with Gasteiger partial charge in [-0.05, 0) is 45.8 Å². The lowest BCUT2D eigenvalue weighted by Crippen LogP contribution is -2.54. The van der Waals surface area contributed by atoms with Crippen molar-refractivity contribution in [3.8, 4) is 0 Å². The van der Waals surface area contributed by atoms with E-state index in [0.29, 0.717) is 6.61 Å². The van der Waals surface area contributed by atoms with Gasteiger partial charge in [-0.2, -0.15) is 0 Å². The summed E-state index contributed by atoms with van der Waals surface area (Å²) in [5, 5.41) is 0.0163. The number of carbonyl (C=O) groups is 1. The Morgan fingerprint density at radius 2 is 1.74 bits per heavy atom. The van der Waals surface area contributed by atoms with Crippen LogP contribution < -0.4 is 0 Å². The molecular weight excluding hydrogens is 368 g/mol. The van der Waals surface area contributed by atoms with E-state index >= 15 is 0 Å². The maximum atomic E-state index is 13.0. The molecule has 3 heterocycles. The van der Waals surface area contributed by atoms with E-state index in [2.05, 4.69) is 33.9 Å². The van der Waals surface area contributed by atoms with Crippen molar-refractivity contribution in [3.63, 3.8) is 0 Å². The second-order valence-electron chi connectivity index (χ2n) is 10.2. The quantitative estimate of drug-likeness (QED) is 0.529. The molecule has 27 heavy (non-hydrogen) atoms. The summed E-state index contributed by atoms with van der Waals surface area (Å²) in [4.78, 5) is 13.0. The molecule has 0 unspecified atom stereocenters. The highest BCUT2D eigenvalue weighted by atomic mass is 28.4. The average Bonchev–Trinajstić information content (AvgIpc) is 3.05. The molecule has 8 heteroatoms. The highest BCUT2D eigenvalue weighted by molar-refractivity contribution is 6.74. The Morgan fingerprint density at radius 1 is 1.11 bits per heavy atom. The van der Waals surface area contributed by atoms with Gasteiger partial charge in [0.15, 0.2) is 26.0 Å². The van der Waals surface area contributed by atoms with E-state index in [1.807, 2.05) is 13.8 Å². The van der Waals surface area contributed by atoms with E-state index in [9.17, 15) is 4.79 Å². The van der Waals surface area contributed by atoms with Crippen LogP contribution in [0.4, 0.5) is 0 Å². The monoisotopic (exact) mass is 402 g/mol. The van der Waals surface area contributed by atoms with E-state index in [1.54, 1.807) is 13.8 Å². The number of cyclic esters (lactones) is 1. The van der Waals surface area contributed by atoms with Gasteiger partial charge in [0.1, 0.15) is 12.2 Å². The summed E-state index contributed by atoms with van der Waals surface area (Å²) in [6.07, 6.45) is -1.60. The van der Waals surface area contributed by atoms with Crippen molar-refractivity contribution in [1.82, 2.24) is 0 Å². The van der Waals surface area contributed by atoms with Crippen LogP contribution >= 0.6 is 0 Å². The fourth-order valence-electron chi connectivity index (χ4n) is 3.52. The van der Waals surface area contributed by atoms with Crippen molar-refractivity contribution in [2.24, 2.45) is 0 Å². The summed E-state index contributed by atoms with van der Waals surface area (Å²) in [5.74, 6) is -2.07. The Morgan fingerprint density at radius 3 is 2.26 bits per heavy atom. The zero-order chi connectivity index (χ0) is 20.5. The normalized spacial score (nSPS) is 38.1. The third-order valence-corrected chi connectivity index (χ3v) is 10.5. The minimum Gasteiger partial charge on any atom is -0.454 e. The van der Waals surface area contributed by atoms with Crippen LogP contribution in [0.1, 0.15) is 48.5 Å². The molecule has 0 aromatic heterocycles. The molecule has 0 radical (unpaired) electrons. The first-order valence-corrected chi connectivity index (χ1v) is 12.5. The van der Waals surface area contributed by atoms with Gasteiger partial charge in [0, 0.05) is 0 Å². The predicted molar refractivity (Wildman–Crippen MR) is 101 cm³/mol. The molecular formula is C19H34O7Si. The van der Waals surface area contributed by atoms with Crippen molar-refractivity contribution in [2.75, 3.05) is 13.2 Å². The van der Waals surface area contributed by atoms with Crippen LogP contribution in [-0.4, -0.2) is 63.0 Å². The number of fused-ring (bicyclic) bond motifs is 1. The molecule has 156 valence electrons. The van der Waals surface area contributed by atoms with Crippen LogP contribution in [0.3, 0.4) is 0 Å². The van der Waals surface area contributed by atoms with Crippen LogP contribution in [0.2, 0.25) is 18.1 Å². The molecule has 3 aliphatic heterocycles. The summed E-state index contributed by atoms with van der Waals surface area (Å²) in [6.45, 7) is 18.5. The Balaban J connectivity index is 1.85. The maximum Gasteiger partial charge on any atom is 0.344 e. The molecule has 0 amide bonds. The number of carbonyl (C=O) groups excluding carboxylic acids is 1. The molecule has 3 rings (SSSR count). The fourth-order valence-corrected chi connectivity index (χ4v) is 4.53. The first-order valence-electron chi connectivity index (χ1n) is 9.63. The molecule has 0 aliphatic carbocycles. The molecule has 0 aromatic rings. The third kappa shape index (κ3) is 3.72. The standard InChI is InChI=1S/C19H34O7Si/c1-16(2,3)27(8,9)22-11-19-14(25-18(6,7)26-19)13(23-15(19)20)12-10-21-17(4,5)24-12/h12-14H,10-11H2,1-9H3/t12-,13+,14+,19+/m1/s1. The first-order chi connectivity index (χ1) is 12.1. The van der Waals surface area contributed by atoms with Gasteiger partial charge in [-0.15, -0.1) is 0 Å². The number of hydrogen-bond donors (Lipinski definition) is 0. The Bertz CT molecular complexity index is 610. The third-order valence-electron chi connectivity index (χ3n) is 6.04. The average molecular weight is 403 g/mol. The highest BCUT2D eigenvalue weighted by Crippen LogP contribution is 2.48. The molecule has 7 nitrogen and oxygen atoms in total. The smallest absolute Gasteiger partial charge is 0.344 e. The van der Waals surface area contributed by atoms with Gasteiger partial charge in [0.05, 0.1) is 13.2 Å². The van der Waals surface area contributed by atoms with Crippen molar-refractivity contribution < 1.29 is 32.9 Å². The van der Waals surface area contributed by atoms with Crippen molar-refractivity contribution in [3.05, 3.63) is 0 Å². The minimum absolute atomic E-state index is 0.0163. The van der Waals surface area contributed by atoms with Crippen molar-refractivity contribution in [2.45, 2.75) is 102 Å². The highest BCUT2D eigenvalue weighted by Gasteiger charge is 2.70. The fraction of sp³-hybridized carbons (Fsp3) is 0.947. The number of esters is 1. The summed E-state index contributed by atoms with van der Waals surface area (Å²) in [5.41, 5.74) is -1.28. The van der Waals surface area contributed by atoms with Gasteiger partial charge in [-0.25, -0.2) is 4.79 Å². The molecule has 0 N–H and O–H groups in total. The first kappa shape index (κ1) is 21.2. The maximum absolute atomic E-state index is 13.0. The van der Waals surface area contributed by atoms with E-state index in [0.717, 1.165) is 0 Å². The van der Waals surface area contributed by atoms with E-state index in [1.165, 1.54) is 0 Å². The van der Waals surface area contributed by atoms with Crippen LogP contribution in [0.15, 0.2) is 0 Å². The summed E-state index contributed by atoms with van der Waals surface area (Å²) < 4.78 is 35.9. The largest absolute Gasteiger partial charge is 0.454 e. The van der Waals surface area contributed by atoms with E-state index in [4.69, 9.17) is 28.1 Å². The molecule has 3 aliphatic rings. The van der Waals surface area contributed by atoms with Gasteiger partial charge in [-0.1, -0.05) is 20.8 Å². The SMILES string of the molecule is CC1(C)OC[C@H]([C@@H]2OC(=O)[C@@]3(CO[Si](C)(C)C(C)(C)C)OC(C)(C)O[C@@H]23)O1. The summed E-state index contributed by atoms with van der Waals surface area (Å²) in [6, 6.07) is 0. The van der Waals surface area contributed by atoms with Gasteiger partial charge in [-0.3, -0.25) is 0 Å². The van der Waals surface area contributed by atoms with Crippen molar-refractivity contribution >= 4 is 14.3 Å². The summed E-state index contributed by atoms with van der Waals surface area (Å²) in [7, 11) is -2.09. The van der Waals surface area contributed by atoms with Gasteiger partial charge in [0.2, 0.25) is 5.60 Å². The van der Waals surface area contributed by atoms with E-state index < -0.39 is 49.8 Å². The zero-order valence-electron chi connectivity index (χ0n) is 18.0. The lowest BCUT2D eigenvalue weighted by atomic mass is 9.94. The molecule has 0 bridgehead atoms. The van der Waals surface area contributed by atoms with Gasteiger partial charge in [0.25, 0.3) is 0 Å². The van der Waals surface area contributed by atoms with E-state index in [-0.39, 0.29) is 11.6 Å². The Hall–Kier alpha value is -0.513. The summed E-state index contributed by atoms with van der Waals surface area (Å²) >= 11 is 0. The lowest BCUT2D eigenvalue weighted by Gasteiger charge is -2.38. The molecule has 0 spiro atoms. The zero-order valence-corrected chi connectivity index (χ0v) is 19.0. The topological polar surface area (TPSA) is 72.5 Å². The molecule has 0 saturated carbocycles. The van der Waals surface area contributed by atoms with Crippen molar-refractivity contribution in [1.29, 1.82) is 0 Å². The van der Waals surface area contributed by atoms with Gasteiger partial charge >= 0.3 is 5.97 Å². The minimum atomic E-state index is -2.09. The Labute approximate surface area is 163 Å². The second-order valence-corrected chi connectivity index (χ2v) is 15.0. The predicted octanol–water partition coefficient (Wildman–Crippen LogP) is 2.98. The Kier molecular flexibility index (Phi) is 4.90. The molecule has 4 atom stereocenters. The number of rotatable bonds is 4. The number of hydrogen-bond acceptors (Lipinski definition) is 7. The van der Waals surface area contributed by atoms with Crippen LogP contribution in [0.5, 0.6) is 0 Å². The van der Waals surface area contributed by atoms with Gasteiger partial charge < -0.3 is 28.1 Å². The van der Waals surface area contributed by atoms with Crippen LogP contribution in [0.25, 0.3) is 0 Å². The van der Waals surface area contributed by atoms with Crippen LogP contribution in [0, 0.1) is 0 Å².